The Hall–Kier alpha value is -2.01. The van der Waals surface area contributed by atoms with Crippen LogP contribution in [0, 0.1) is 0 Å². The Kier molecular flexibility index (Phi) is 5.41. The second-order valence-corrected chi connectivity index (χ2v) is 6.92. The van der Waals surface area contributed by atoms with E-state index in [1.54, 1.807) is 7.11 Å². The van der Waals surface area contributed by atoms with Crippen LogP contribution >= 0.6 is 11.3 Å². The van der Waals surface area contributed by atoms with Crippen LogP contribution in [0.4, 0.5) is 0 Å². The summed E-state index contributed by atoms with van der Waals surface area (Å²) in [7, 11) is 1.65. The Bertz CT molecular complexity index is 678. The molecule has 4 nitrogen and oxygen atoms in total. The van der Waals surface area contributed by atoms with Crippen molar-refractivity contribution in [2.45, 2.75) is 44.8 Å². The summed E-state index contributed by atoms with van der Waals surface area (Å²) in [6.07, 6.45) is 4.98. The van der Waals surface area contributed by atoms with Crippen LogP contribution in [-0.2, 0) is 0 Å². The highest BCUT2D eigenvalue weighted by atomic mass is 32.1. The number of hydrogen-bond donors (Lipinski definition) is 1. The number of methoxy groups -OCH3 is 1. The van der Waals surface area contributed by atoms with Crippen LogP contribution in [0.15, 0.2) is 35.0 Å². The maximum Gasteiger partial charge on any atom is 0.252 e. The van der Waals surface area contributed by atoms with Crippen LogP contribution in [0.2, 0.25) is 0 Å². The first-order valence-corrected chi connectivity index (χ1v) is 9.29. The second kappa shape index (κ2) is 7.71. The van der Waals surface area contributed by atoms with Crippen LogP contribution in [0.25, 0.3) is 0 Å². The number of amides is 1. The molecule has 0 bridgehead atoms. The predicted molar refractivity (Wildman–Crippen MR) is 96.1 cm³/mol. The summed E-state index contributed by atoms with van der Waals surface area (Å²) in [5.74, 6) is 1.44. The molecule has 1 aliphatic rings. The molecule has 1 saturated carbocycles. The molecule has 1 atom stereocenters. The van der Waals surface area contributed by atoms with Gasteiger partial charge < -0.3 is 14.8 Å². The first-order valence-electron chi connectivity index (χ1n) is 8.35. The molecule has 1 aromatic heterocycles. The van der Waals surface area contributed by atoms with Crippen molar-refractivity contribution in [1.82, 2.24) is 5.32 Å². The van der Waals surface area contributed by atoms with Gasteiger partial charge >= 0.3 is 0 Å². The molecule has 1 N–H and O–H groups in total. The summed E-state index contributed by atoms with van der Waals surface area (Å²) in [6.45, 7) is 1.97. The van der Waals surface area contributed by atoms with Gasteiger partial charge in [-0.05, 0) is 61.7 Å². The highest BCUT2D eigenvalue weighted by molar-refractivity contribution is 7.08. The van der Waals surface area contributed by atoms with E-state index in [-0.39, 0.29) is 11.9 Å². The number of rotatable bonds is 6. The number of ether oxygens (including phenoxy) is 2. The Morgan fingerprint density at radius 1 is 1.25 bits per heavy atom. The molecular formula is C19H23NO3S. The van der Waals surface area contributed by atoms with E-state index in [9.17, 15) is 4.79 Å². The van der Waals surface area contributed by atoms with Crippen molar-refractivity contribution >= 4 is 17.2 Å². The minimum atomic E-state index is -0.105. The van der Waals surface area contributed by atoms with Gasteiger partial charge in [-0.2, -0.15) is 11.3 Å². The fraction of sp³-hybridized carbons (Fsp3) is 0.421. The van der Waals surface area contributed by atoms with Gasteiger partial charge in [0, 0.05) is 5.38 Å². The number of carbonyl (C=O) groups is 1. The van der Waals surface area contributed by atoms with E-state index in [1.807, 2.05) is 41.9 Å². The normalized spacial score (nSPS) is 15.9. The lowest BCUT2D eigenvalue weighted by Gasteiger charge is -2.19. The molecule has 128 valence electrons. The topological polar surface area (TPSA) is 47.6 Å². The van der Waals surface area contributed by atoms with E-state index in [2.05, 4.69) is 5.32 Å². The maximum atomic E-state index is 12.2. The van der Waals surface area contributed by atoms with Crippen molar-refractivity contribution < 1.29 is 14.3 Å². The van der Waals surface area contributed by atoms with Crippen LogP contribution in [0.5, 0.6) is 11.5 Å². The number of benzene rings is 1. The van der Waals surface area contributed by atoms with Crippen molar-refractivity contribution in [2.24, 2.45) is 0 Å². The molecule has 24 heavy (non-hydrogen) atoms. The molecular weight excluding hydrogens is 322 g/mol. The molecule has 1 aromatic carbocycles. The van der Waals surface area contributed by atoms with Crippen LogP contribution in [-0.4, -0.2) is 19.1 Å². The highest BCUT2D eigenvalue weighted by Crippen LogP contribution is 2.33. The number of nitrogens with one attached hydrogen (secondary N) is 1. The second-order valence-electron chi connectivity index (χ2n) is 6.14. The standard InChI is InChI=1S/C19H23NO3S/c1-13(20-19(21)15-9-10-24-12-15)14-7-8-17(18(11-14)22-2)23-16-5-3-4-6-16/h7-13,16H,3-6H2,1-2H3,(H,20,21)/t13-/m1/s1. The van der Waals surface area contributed by atoms with Crippen molar-refractivity contribution in [2.75, 3.05) is 7.11 Å². The van der Waals surface area contributed by atoms with Gasteiger partial charge in [-0.1, -0.05) is 6.07 Å². The lowest BCUT2D eigenvalue weighted by atomic mass is 10.1. The van der Waals surface area contributed by atoms with E-state index < -0.39 is 0 Å². The molecule has 3 rings (SSSR count). The van der Waals surface area contributed by atoms with Gasteiger partial charge in [-0.15, -0.1) is 0 Å². The molecule has 5 heteroatoms. The molecule has 2 aromatic rings. The van der Waals surface area contributed by atoms with Gasteiger partial charge in [-0.3, -0.25) is 4.79 Å². The Balaban J connectivity index is 1.69. The zero-order chi connectivity index (χ0) is 16.9. The summed E-state index contributed by atoms with van der Waals surface area (Å²) in [4.78, 5) is 12.2. The molecule has 0 spiro atoms. The number of hydrogen-bond acceptors (Lipinski definition) is 4. The van der Waals surface area contributed by atoms with Gasteiger partial charge in [0.05, 0.1) is 24.8 Å². The monoisotopic (exact) mass is 345 g/mol. The third-order valence-electron chi connectivity index (χ3n) is 4.41. The quantitative estimate of drug-likeness (QED) is 0.834. The van der Waals surface area contributed by atoms with E-state index >= 15 is 0 Å². The van der Waals surface area contributed by atoms with Gasteiger partial charge in [0.2, 0.25) is 0 Å². The largest absolute Gasteiger partial charge is 0.493 e. The van der Waals surface area contributed by atoms with Gasteiger partial charge in [0.25, 0.3) is 5.91 Å². The van der Waals surface area contributed by atoms with Crippen LogP contribution in [0.1, 0.15) is 54.6 Å². The zero-order valence-electron chi connectivity index (χ0n) is 14.1. The number of thiophene rings is 1. The van der Waals surface area contributed by atoms with E-state index in [1.165, 1.54) is 24.2 Å². The third-order valence-corrected chi connectivity index (χ3v) is 5.10. The molecule has 1 aliphatic carbocycles. The molecule has 0 aliphatic heterocycles. The highest BCUT2D eigenvalue weighted by Gasteiger charge is 2.19. The fourth-order valence-corrected chi connectivity index (χ4v) is 3.63. The van der Waals surface area contributed by atoms with Crippen molar-refractivity contribution in [3.63, 3.8) is 0 Å². The lowest BCUT2D eigenvalue weighted by molar-refractivity contribution is 0.0940. The third kappa shape index (κ3) is 3.90. The molecule has 1 heterocycles. The summed E-state index contributed by atoms with van der Waals surface area (Å²) in [6, 6.07) is 7.60. The summed E-state index contributed by atoms with van der Waals surface area (Å²) < 4.78 is 11.5. The van der Waals surface area contributed by atoms with E-state index in [0.29, 0.717) is 11.7 Å². The van der Waals surface area contributed by atoms with Crippen molar-refractivity contribution in [3.05, 3.63) is 46.2 Å². The SMILES string of the molecule is COc1cc([C@@H](C)NC(=O)c2ccsc2)ccc1OC1CCCC1. The Morgan fingerprint density at radius 2 is 2.04 bits per heavy atom. The minimum absolute atomic E-state index is 0.0611. The summed E-state index contributed by atoms with van der Waals surface area (Å²) in [5.41, 5.74) is 1.69. The summed E-state index contributed by atoms with van der Waals surface area (Å²) >= 11 is 1.52. The molecule has 1 amide bonds. The first-order chi connectivity index (χ1) is 11.7. The molecule has 0 unspecified atom stereocenters. The van der Waals surface area contributed by atoms with Gasteiger partial charge in [0.15, 0.2) is 11.5 Å². The Morgan fingerprint density at radius 3 is 2.71 bits per heavy atom. The average Bonchev–Trinajstić information content (AvgIpc) is 3.28. The van der Waals surface area contributed by atoms with Crippen LogP contribution < -0.4 is 14.8 Å². The van der Waals surface area contributed by atoms with E-state index in [0.717, 1.165) is 29.9 Å². The smallest absolute Gasteiger partial charge is 0.252 e. The average molecular weight is 345 g/mol. The van der Waals surface area contributed by atoms with Gasteiger partial charge in [0.1, 0.15) is 0 Å². The van der Waals surface area contributed by atoms with Crippen molar-refractivity contribution in [1.29, 1.82) is 0 Å². The molecule has 1 fully saturated rings. The molecule has 0 radical (unpaired) electrons. The summed E-state index contributed by atoms with van der Waals surface area (Å²) in [5, 5.41) is 6.76. The van der Waals surface area contributed by atoms with Gasteiger partial charge in [-0.25, -0.2) is 0 Å². The predicted octanol–water partition coefficient (Wildman–Crippen LogP) is 4.57. The minimum Gasteiger partial charge on any atom is -0.493 e. The Labute approximate surface area is 146 Å². The fourth-order valence-electron chi connectivity index (χ4n) is 2.99. The lowest BCUT2D eigenvalue weighted by Crippen LogP contribution is -2.26. The van der Waals surface area contributed by atoms with Crippen LogP contribution in [0.3, 0.4) is 0 Å². The first kappa shape index (κ1) is 16.8. The molecule has 0 saturated heterocycles. The number of carbonyl (C=O) groups excluding carboxylic acids is 1. The zero-order valence-corrected chi connectivity index (χ0v) is 14.9. The van der Waals surface area contributed by atoms with Crippen molar-refractivity contribution in [3.8, 4) is 11.5 Å². The maximum absolute atomic E-state index is 12.2. The van der Waals surface area contributed by atoms with E-state index in [4.69, 9.17) is 9.47 Å².